The molecular weight excluding hydrogens is 372 g/mol. The van der Waals surface area contributed by atoms with Gasteiger partial charge < -0.3 is 9.32 Å². The van der Waals surface area contributed by atoms with E-state index in [9.17, 15) is 4.79 Å². The minimum atomic E-state index is 0.167. The molecule has 3 aromatic rings. The second kappa shape index (κ2) is 8.22. The molecule has 7 heteroatoms. The zero-order chi connectivity index (χ0) is 19.5. The van der Waals surface area contributed by atoms with Crippen LogP contribution in [0.25, 0.3) is 11.4 Å². The molecule has 0 bridgehead atoms. The third kappa shape index (κ3) is 3.99. The Bertz CT molecular complexity index is 947. The predicted octanol–water partition coefficient (Wildman–Crippen LogP) is 4.00. The number of amides is 1. The van der Waals surface area contributed by atoms with Gasteiger partial charge in [0.2, 0.25) is 5.91 Å². The summed E-state index contributed by atoms with van der Waals surface area (Å²) in [5, 5.41) is 9.57. The average Bonchev–Trinajstić information content (AvgIpc) is 3.24. The van der Waals surface area contributed by atoms with Crippen molar-refractivity contribution in [3.05, 3.63) is 54.0 Å². The Morgan fingerprint density at radius 3 is 2.75 bits per heavy atom. The number of hydrogen-bond acceptors (Lipinski definition) is 5. The summed E-state index contributed by atoms with van der Waals surface area (Å²) < 4.78 is 7.58. The van der Waals surface area contributed by atoms with Gasteiger partial charge >= 0.3 is 0 Å². The minimum Gasteiger partial charge on any atom is -0.467 e. The van der Waals surface area contributed by atoms with Crippen LogP contribution in [0.1, 0.15) is 31.1 Å². The third-order valence-electron chi connectivity index (χ3n) is 4.97. The first-order valence-corrected chi connectivity index (χ1v) is 10.6. The fourth-order valence-electron chi connectivity index (χ4n) is 3.35. The van der Waals surface area contributed by atoms with Crippen molar-refractivity contribution in [2.24, 2.45) is 0 Å². The lowest BCUT2D eigenvalue weighted by Gasteiger charge is -2.20. The molecule has 0 atom stereocenters. The van der Waals surface area contributed by atoms with Crippen LogP contribution >= 0.6 is 11.8 Å². The van der Waals surface area contributed by atoms with E-state index in [0.29, 0.717) is 18.3 Å². The summed E-state index contributed by atoms with van der Waals surface area (Å²) in [7, 11) is 0. The molecule has 1 aromatic carbocycles. The fraction of sp³-hybridized carbons (Fsp3) is 0.381. The Morgan fingerprint density at radius 1 is 1.25 bits per heavy atom. The highest BCUT2D eigenvalue weighted by Crippen LogP contribution is 2.30. The molecular formula is C21H24N4O2S. The van der Waals surface area contributed by atoms with Gasteiger partial charge in [-0.05, 0) is 44.4 Å². The van der Waals surface area contributed by atoms with Crippen molar-refractivity contribution in [1.29, 1.82) is 0 Å². The lowest BCUT2D eigenvalue weighted by molar-refractivity contribution is -0.128. The molecule has 1 saturated carbocycles. The smallest absolute Gasteiger partial charge is 0.233 e. The molecule has 146 valence electrons. The van der Waals surface area contributed by atoms with Gasteiger partial charge in [-0.3, -0.25) is 9.36 Å². The van der Waals surface area contributed by atoms with E-state index in [1.165, 1.54) is 11.8 Å². The Labute approximate surface area is 168 Å². The summed E-state index contributed by atoms with van der Waals surface area (Å²) in [6, 6.07) is 12.4. The number of carbonyl (C=O) groups is 1. The van der Waals surface area contributed by atoms with E-state index in [4.69, 9.17) is 4.42 Å². The average molecular weight is 397 g/mol. The van der Waals surface area contributed by atoms with Crippen molar-refractivity contribution >= 4 is 17.7 Å². The van der Waals surface area contributed by atoms with Crippen molar-refractivity contribution in [1.82, 2.24) is 19.7 Å². The maximum atomic E-state index is 12.6. The van der Waals surface area contributed by atoms with Gasteiger partial charge in [-0.1, -0.05) is 36.0 Å². The molecule has 0 aliphatic heterocycles. The molecule has 6 nitrogen and oxygen atoms in total. The second-order valence-corrected chi connectivity index (χ2v) is 7.93. The Morgan fingerprint density at radius 2 is 2.07 bits per heavy atom. The zero-order valence-corrected chi connectivity index (χ0v) is 17.0. The number of nitrogens with zero attached hydrogens (tertiary/aromatic N) is 4. The Kier molecular flexibility index (Phi) is 5.52. The number of carbonyl (C=O) groups excluding carboxylic acids is 1. The molecule has 1 fully saturated rings. The van der Waals surface area contributed by atoms with Crippen LogP contribution in [0.4, 0.5) is 0 Å². The SMILES string of the molecule is CCN(C(=O)CSc1nnc(-c2ccccc2C)n1Cc1ccco1)C1CC1. The number of hydrogen-bond donors (Lipinski definition) is 0. The van der Waals surface area contributed by atoms with Gasteiger partial charge in [0.05, 0.1) is 18.6 Å². The van der Waals surface area contributed by atoms with Gasteiger partial charge in [0.25, 0.3) is 0 Å². The number of benzene rings is 1. The van der Waals surface area contributed by atoms with Gasteiger partial charge in [-0.15, -0.1) is 10.2 Å². The Hall–Kier alpha value is -2.54. The topological polar surface area (TPSA) is 64.2 Å². The predicted molar refractivity (Wildman–Crippen MR) is 109 cm³/mol. The first kappa shape index (κ1) is 18.8. The van der Waals surface area contributed by atoms with Crippen molar-refractivity contribution < 1.29 is 9.21 Å². The molecule has 0 N–H and O–H groups in total. The number of aryl methyl sites for hydroxylation is 1. The molecule has 0 spiro atoms. The zero-order valence-electron chi connectivity index (χ0n) is 16.2. The fourth-order valence-corrected chi connectivity index (χ4v) is 4.18. The first-order chi connectivity index (χ1) is 13.7. The van der Waals surface area contributed by atoms with E-state index in [2.05, 4.69) is 23.2 Å². The highest BCUT2D eigenvalue weighted by Gasteiger charge is 2.31. The standard InChI is InChI=1S/C21H24N4O2S/c1-3-24(16-10-11-16)19(26)14-28-21-23-22-20(18-9-5-4-7-15(18)2)25(21)13-17-8-6-12-27-17/h4-9,12,16H,3,10-11,13-14H2,1-2H3. The molecule has 0 saturated heterocycles. The monoisotopic (exact) mass is 396 g/mol. The lowest BCUT2D eigenvalue weighted by atomic mass is 10.1. The van der Waals surface area contributed by atoms with Crippen LogP contribution < -0.4 is 0 Å². The second-order valence-electron chi connectivity index (χ2n) is 6.99. The van der Waals surface area contributed by atoms with Gasteiger partial charge in [0, 0.05) is 18.2 Å². The Balaban J connectivity index is 1.59. The number of rotatable bonds is 8. The normalized spacial score (nSPS) is 13.6. The molecule has 28 heavy (non-hydrogen) atoms. The quantitative estimate of drug-likeness (QED) is 0.539. The molecule has 2 aromatic heterocycles. The van der Waals surface area contributed by atoms with Gasteiger partial charge in [0.1, 0.15) is 5.76 Å². The summed E-state index contributed by atoms with van der Waals surface area (Å²) in [5.74, 6) is 2.16. The van der Waals surface area contributed by atoms with Crippen molar-refractivity contribution in [3.63, 3.8) is 0 Å². The molecule has 1 aliphatic rings. The van der Waals surface area contributed by atoms with Crippen LogP contribution in [0.2, 0.25) is 0 Å². The van der Waals surface area contributed by atoms with Crippen LogP contribution in [-0.4, -0.2) is 43.9 Å². The van der Waals surface area contributed by atoms with Crippen LogP contribution in [0.3, 0.4) is 0 Å². The van der Waals surface area contributed by atoms with Crippen LogP contribution in [-0.2, 0) is 11.3 Å². The van der Waals surface area contributed by atoms with E-state index in [-0.39, 0.29) is 5.91 Å². The highest BCUT2D eigenvalue weighted by atomic mass is 32.2. The van der Waals surface area contributed by atoms with Gasteiger partial charge in [0.15, 0.2) is 11.0 Å². The van der Waals surface area contributed by atoms with Gasteiger partial charge in [-0.25, -0.2) is 0 Å². The van der Waals surface area contributed by atoms with E-state index in [0.717, 1.165) is 47.3 Å². The van der Waals surface area contributed by atoms with E-state index in [1.807, 2.05) is 46.7 Å². The van der Waals surface area contributed by atoms with Crippen molar-refractivity contribution in [2.75, 3.05) is 12.3 Å². The maximum absolute atomic E-state index is 12.6. The molecule has 0 radical (unpaired) electrons. The molecule has 1 aliphatic carbocycles. The van der Waals surface area contributed by atoms with Crippen LogP contribution in [0.15, 0.2) is 52.2 Å². The van der Waals surface area contributed by atoms with E-state index < -0.39 is 0 Å². The maximum Gasteiger partial charge on any atom is 0.233 e. The van der Waals surface area contributed by atoms with E-state index in [1.54, 1.807) is 6.26 Å². The summed E-state index contributed by atoms with van der Waals surface area (Å²) in [4.78, 5) is 14.6. The summed E-state index contributed by atoms with van der Waals surface area (Å²) >= 11 is 1.44. The lowest BCUT2D eigenvalue weighted by Crippen LogP contribution is -2.34. The minimum absolute atomic E-state index is 0.167. The van der Waals surface area contributed by atoms with Gasteiger partial charge in [-0.2, -0.15) is 0 Å². The first-order valence-electron chi connectivity index (χ1n) is 9.61. The highest BCUT2D eigenvalue weighted by molar-refractivity contribution is 7.99. The number of furan rings is 1. The molecule has 4 rings (SSSR count). The summed E-state index contributed by atoms with van der Waals surface area (Å²) in [5.41, 5.74) is 2.17. The number of aromatic nitrogens is 3. The third-order valence-corrected chi connectivity index (χ3v) is 5.92. The summed E-state index contributed by atoms with van der Waals surface area (Å²) in [6.45, 7) is 5.39. The summed E-state index contributed by atoms with van der Waals surface area (Å²) in [6.07, 6.45) is 3.91. The number of thioether (sulfide) groups is 1. The molecule has 2 heterocycles. The molecule has 0 unspecified atom stereocenters. The van der Waals surface area contributed by atoms with Crippen molar-refractivity contribution in [2.45, 2.75) is 44.4 Å². The van der Waals surface area contributed by atoms with Crippen LogP contribution in [0.5, 0.6) is 0 Å². The van der Waals surface area contributed by atoms with E-state index >= 15 is 0 Å². The van der Waals surface area contributed by atoms with Crippen LogP contribution in [0, 0.1) is 6.92 Å². The largest absolute Gasteiger partial charge is 0.467 e. The van der Waals surface area contributed by atoms with Crippen molar-refractivity contribution in [3.8, 4) is 11.4 Å². The molecule has 1 amide bonds.